The highest BCUT2D eigenvalue weighted by atomic mass is 16.5. The number of carbonyl (C=O) groups excluding carboxylic acids is 4. The van der Waals surface area contributed by atoms with E-state index in [0.717, 1.165) is 54.4 Å². The molecule has 1 N–H and O–H groups in total. The predicted molar refractivity (Wildman–Crippen MR) is 209 cm³/mol. The maximum Gasteiger partial charge on any atom is 0.337 e. The fourth-order valence-electron chi connectivity index (χ4n) is 8.69. The Balaban J connectivity index is 0.000000236. The zero-order chi connectivity index (χ0) is 38.8. The van der Waals surface area contributed by atoms with E-state index in [1.807, 2.05) is 29.2 Å². The van der Waals surface area contributed by atoms with Crippen molar-refractivity contribution in [3.63, 3.8) is 0 Å². The first-order valence-corrected chi connectivity index (χ1v) is 19.0. The van der Waals surface area contributed by atoms with E-state index in [2.05, 4.69) is 46.9 Å². The molecule has 2 heterocycles. The van der Waals surface area contributed by atoms with Crippen molar-refractivity contribution < 1.29 is 33.4 Å². The molecule has 2 amide bonds. The van der Waals surface area contributed by atoms with Crippen LogP contribution in [0.5, 0.6) is 0 Å². The van der Waals surface area contributed by atoms with Crippen molar-refractivity contribution in [3.05, 3.63) is 76.0 Å². The summed E-state index contributed by atoms with van der Waals surface area (Å²) in [5, 5.41) is 16.1. The molecule has 0 unspecified atom stereocenters. The molecule has 2 spiro atoms. The summed E-state index contributed by atoms with van der Waals surface area (Å²) in [4.78, 5) is 51.9. The summed E-state index contributed by atoms with van der Waals surface area (Å²) in [6.07, 6.45) is 8.69. The van der Waals surface area contributed by atoms with Crippen LogP contribution in [0, 0.1) is 27.9 Å². The van der Waals surface area contributed by atoms with Gasteiger partial charge in [0.05, 0.1) is 44.1 Å². The van der Waals surface area contributed by atoms with E-state index in [0.29, 0.717) is 60.9 Å². The van der Waals surface area contributed by atoms with Crippen LogP contribution >= 0.6 is 0 Å². The number of ether oxygens (including phenoxy) is 2. The van der Waals surface area contributed by atoms with Crippen LogP contribution in [0.15, 0.2) is 48.5 Å². The number of nitrogens with zero attached hydrogens (tertiary/aromatic N) is 3. The van der Waals surface area contributed by atoms with Gasteiger partial charge in [0.1, 0.15) is 0 Å². The van der Waals surface area contributed by atoms with Crippen LogP contribution in [0.25, 0.3) is 0 Å². The lowest BCUT2D eigenvalue weighted by atomic mass is 9.69. The molecule has 0 bridgehead atoms. The molecule has 3 fully saturated rings. The Kier molecular flexibility index (Phi) is 13.1. The first kappa shape index (κ1) is 42.5. The second-order valence-electron chi connectivity index (χ2n) is 17.4. The lowest BCUT2D eigenvalue weighted by Crippen LogP contribution is -2.54. The Hall–Kier alpha value is -4.25. The van der Waals surface area contributed by atoms with Crippen LogP contribution in [-0.4, -0.2) is 76.6 Å². The Morgan fingerprint density at radius 3 is 1.56 bits per heavy atom. The van der Waals surface area contributed by atoms with Crippen LogP contribution in [-0.2, 0) is 32.2 Å². The molecule has 2 saturated carbocycles. The summed E-state index contributed by atoms with van der Waals surface area (Å²) in [5.74, 6) is 0.440. The average molecular weight is 747 g/mol. The van der Waals surface area contributed by atoms with E-state index in [9.17, 15) is 24.4 Å². The fourth-order valence-corrected chi connectivity index (χ4v) is 8.69. The third-order valence-electron chi connectivity index (χ3n) is 12.3. The van der Waals surface area contributed by atoms with Gasteiger partial charge in [0.15, 0.2) is 0 Å². The maximum atomic E-state index is 12.6. The Morgan fingerprint density at radius 2 is 1.15 bits per heavy atom. The number of methoxy groups -OCH3 is 2. The summed E-state index contributed by atoms with van der Waals surface area (Å²) in [6, 6.07) is 14.3. The summed E-state index contributed by atoms with van der Waals surface area (Å²) in [7, 11) is 2.72. The summed E-state index contributed by atoms with van der Waals surface area (Å²) in [6.45, 7) is 15.0. The van der Waals surface area contributed by atoms with Gasteiger partial charge in [-0.2, -0.15) is 4.74 Å². The van der Waals surface area contributed by atoms with E-state index in [4.69, 9.17) is 9.47 Å². The van der Waals surface area contributed by atoms with E-state index in [1.54, 1.807) is 29.2 Å². The highest BCUT2D eigenvalue weighted by Gasteiger charge is 2.55. The van der Waals surface area contributed by atoms with E-state index in [-0.39, 0.29) is 36.3 Å². The van der Waals surface area contributed by atoms with Gasteiger partial charge < -0.3 is 19.6 Å². The minimum Gasteiger partial charge on any atom is -0.622 e. The highest BCUT2D eigenvalue weighted by molar-refractivity contribution is 6.25. The molecule has 0 aromatic heterocycles. The van der Waals surface area contributed by atoms with E-state index < -0.39 is 11.6 Å². The lowest BCUT2D eigenvalue weighted by molar-refractivity contribution is -0.571. The molecule has 4 aliphatic rings. The molecule has 2 aromatic rings. The minimum atomic E-state index is -0.778. The van der Waals surface area contributed by atoms with Crippen LogP contribution < -0.4 is 5.32 Å². The largest absolute Gasteiger partial charge is 0.622 e. The molecule has 11 nitrogen and oxygen atoms in total. The van der Waals surface area contributed by atoms with Crippen molar-refractivity contribution in [1.82, 2.24) is 15.1 Å². The molecule has 11 heteroatoms. The monoisotopic (exact) mass is 746 g/mol. The maximum absolute atomic E-state index is 12.6. The normalized spacial score (nSPS) is 25.5. The van der Waals surface area contributed by atoms with Gasteiger partial charge in [-0.25, -0.2) is 9.59 Å². The number of hydrogen-bond donors (Lipinski definition) is 1. The molecule has 296 valence electrons. The Bertz CT molecular complexity index is 1670. The van der Waals surface area contributed by atoms with Crippen molar-refractivity contribution in [2.24, 2.45) is 22.7 Å². The first-order chi connectivity index (χ1) is 24.9. The molecule has 0 radical (unpaired) electrons. The lowest BCUT2D eigenvalue weighted by Gasteiger charge is -2.46. The highest BCUT2D eigenvalue weighted by Crippen LogP contribution is 2.46. The molecule has 54 heavy (non-hydrogen) atoms. The average Bonchev–Trinajstić information content (AvgIpc) is 3.54. The smallest absolute Gasteiger partial charge is 0.337 e. The quantitative estimate of drug-likeness (QED) is 0.185. The van der Waals surface area contributed by atoms with Crippen molar-refractivity contribution in [2.75, 3.05) is 20.8 Å². The van der Waals surface area contributed by atoms with Gasteiger partial charge in [-0.05, 0) is 96.6 Å². The van der Waals surface area contributed by atoms with Crippen LogP contribution in [0.1, 0.15) is 132 Å². The van der Waals surface area contributed by atoms with Crippen LogP contribution in [0.4, 0.5) is 0 Å². The molecule has 6 rings (SSSR count). The van der Waals surface area contributed by atoms with E-state index in [1.165, 1.54) is 20.4 Å². The summed E-state index contributed by atoms with van der Waals surface area (Å²) in [5.41, 5.74) is 2.45. The van der Waals surface area contributed by atoms with Crippen molar-refractivity contribution in [1.29, 1.82) is 0 Å². The van der Waals surface area contributed by atoms with Gasteiger partial charge in [-0.15, -0.1) is 0 Å². The number of hydrogen-bond acceptors (Lipinski definition) is 8. The van der Waals surface area contributed by atoms with Gasteiger partial charge >= 0.3 is 17.8 Å². The number of hydroxylamine groups is 1. The first-order valence-electron chi connectivity index (χ1n) is 19.0. The van der Waals surface area contributed by atoms with Gasteiger partial charge in [0, 0.05) is 19.4 Å². The van der Waals surface area contributed by atoms with Gasteiger partial charge in [0.2, 0.25) is 12.1 Å². The fraction of sp³-hybridized carbons (Fsp3) is 0.605. The van der Waals surface area contributed by atoms with Gasteiger partial charge in [0.25, 0.3) is 5.66 Å². The third-order valence-corrected chi connectivity index (χ3v) is 12.3. The molecule has 2 aliphatic carbocycles. The van der Waals surface area contributed by atoms with Crippen molar-refractivity contribution in [3.8, 4) is 0 Å². The molecule has 1 saturated heterocycles. The number of rotatable bonds is 6. The summed E-state index contributed by atoms with van der Waals surface area (Å²) >= 11 is 0. The van der Waals surface area contributed by atoms with E-state index >= 15 is 0 Å². The molecular weight excluding hydrogens is 684 g/mol. The minimum absolute atomic E-state index is 0. The second-order valence-corrected chi connectivity index (χ2v) is 17.4. The zero-order valence-electron chi connectivity index (χ0n) is 32.8. The molecule has 2 aliphatic heterocycles. The van der Waals surface area contributed by atoms with Crippen molar-refractivity contribution in [2.45, 2.75) is 125 Å². The van der Waals surface area contributed by atoms with Gasteiger partial charge in [-0.1, -0.05) is 73.2 Å². The Labute approximate surface area is 322 Å². The number of amides is 2. The number of carbonyl (C=O) groups is 4. The second kappa shape index (κ2) is 16.6. The number of esters is 2. The molecular formula is C43H62N4O7. The number of nitrogens with one attached hydrogen (secondary N) is 1. The molecule has 2 aromatic carbocycles. The Morgan fingerprint density at radius 1 is 0.741 bits per heavy atom. The standard InChI is InChI=1S/C21H28N2O4.C21H30N2O3.CH4/c1-20(2,3)17-9-11-21(12-10-17)22(18(24)14-23(21)26)13-15-5-7-16(8-6-15)19(25)27-4;1-20(2,3)17-9-11-21(12-10-17)22-13-18(24)23(21)14-15-5-7-16(8-6-15)19(25)26-4;/h5-8,14,17H,9-13H2,1-4H3;5-8,17,22H,9-14H2,1-4H3;1H4. The predicted octanol–water partition coefficient (Wildman–Crippen LogP) is 7.30. The SMILES string of the molecule is C.COC(=O)c1ccc(CN2C(=O)C=[N+]([O-])C23CCC(C(C)(C)C)CC3)cc1.COC(=O)c1ccc(CN2C(=O)CNC23CCC(C(C)(C)C)CC3)cc1. The zero-order valence-corrected chi connectivity index (χ0v) is 32.8. The molecule has 0 atom stereocenters. The van der Waals surface area contributed by atoms with Crippen molar-refractivity contribution >= 4 is 30.0 Å². The topological polar surface area (TPSA) is 131 Å². The number of benzene rings is 2. The van der Waals surface area contributed by atoms with Crippen LogP contribution in [0.2, 0.25) is 0 Å². The van der Waals surface area contributed by atoms with Crippen LogP contribution in [0.3, 0.4) is 0 Å². The van der Waals surface area contributed by atoms with Gasteiger partial charge in [-0.3, -0.25) is 19.8 Å². The summed E-state index contributed by atoms with van der Waals surface area (Å²) < 4.78 is 10.3. The third kappa shape index (κ3) is 8.99.